The Morgan fingerprint density at radius 1 is 1.33 bits per heavy atom. The van der Waals surface area contributed by atoms with Crippen LogP contribution in [-0.2, 0) is 12.8 Å². The highest BCUT2D eigenvalue weighted by atomic mass is 16.5. The van der Waals surface area contributed by atoms with Gasteiger partial charge in [0.15, 0.2) is 0 Å². The van der Waals surface area contributed by atoms with Crippen molar-refractivity contribution in [2.75, 3.05) is 13.2 Å². The molecule has 3 heteroatoms. The summed E-state index contributed by atoms with van der Waals surface area (Å²) in [5, 5.41) is 3.54. The molecule has 1 aromatic heterocycles. The number of nitrogens with one attached hydrogen (secondary N) is 1. The smallest absolute Gasteiger partial charge is 0.119 e. The van der Waals surface area contributed by atoms with E-state index in [1.165, 1.54) is 23.1 Å². The molecule has 1 aliphatic carbocycles. The number of benzene rings is 1. The summed E-state index contributed by atoms with van der Waals surface area (Å²) >= 11 is 0. The molecule has 0 amide bonds. The molecule has 1 aliphatic rings. The fraction of sp³-hybridized carbons (Fsp3) is 0.389. The third-order valence-corrected chi connectivity index (χ3v) is 4.02. The number of nitrogens with zero attached hydrogens (tertiary/aromatic N) is 1. The molecule has 21 heavy (non-hydrogen) atoms. The van der Waals surface area contributed by atoms with Crippen LogP contribution in [0.15, 0.2) is 42.7 Å². The van der Waals surface area contributed by atoms with E-state index in [0.717, 1.165) is 25.1 Å². The average molecular weight is 282 g/mol. The van der Waals surface area contributed by atoms with Gasteiger partial charge in [-0.3, -0.25) is 4.98 Å². The second kappa shape index (κ2) is 6.72. The summed E-state index contributed by atoms with van der Waals surface area (Å²) in [6.45, 7) is 3.88. The summed E-state index contributed by atoms with van der Waals surface area (Å²) in [5.41, 5.74) is 4.09. The zero-order valence-electron chi connectivity index (χ0n) is 12.5. The number of hydrogen-bond acceptors (Lipinski definition) is 3. The Labute approximate surface area is 126 Å². The molecule has 0 saturated carbocycles. The summed E-state index contributed by atoms with van der Waals surface area (Å²) in [7, 11) is 0. The van der Waals surface area contributed by atoms with Crippen molar-refractivity contribution in [2.24, 2.45) is 0 Å². The van der Waals surface area contributed by atoms with Crippen LogP contribution >= 0.6 is 0 Å². The molecule has 1 atom stereocenters. The highest BCUT2D eigenvalue weighted by Crippen LogP contribution is 2.33. The monoisotopic (exact) mass is 282 g/mol. The van der Waals surface area contributed by atoms with Gasteiger partial charge in [0.2, 0.25) is 0 Å². The largest absolute Gasteiger partial charge is 0.493 e. The Balaban J connectivity index is 1.58. The van der Waals surface area contributed by atoms with Gasteiger partial charge < -0.3 is 10.1 Å². The zero-order valence-corrected chi connectivity index (χ0v) is 12.5. The molecular formula is C18H22N2O. The van der Waals surface area contributed by atoms with E-state index in [4.69, 9.17) is 4.74 Å². The summed E-state index contributed by atoms with van der Waals surface area (Å²) in [4.78, 5) is 4.12. The summed E-state index contributed by atoms with van der Waals surface area (Å²) in [5.74, 6) is 0.981. The quantitative estimate of drug-likeness (QED) is 0.882. The minimum atomic E-state index is 0.523. The standard InChI is InChI=1S/C18H22N2O/c1-2-20-18-8-5-15-12-16(6-7-17(15)18)21-11-9-14-4-3-10-19-13-14/h3-4,6-7,10,12-13,18,20H,2,5,8-9,11H2,1H3. The Kier molecular flexibility index (Phi) is 4.51. The molecular weight excluding hydrogens is 260 g/mol. The van der Waals surface area contributed by atoms with E-state index in [9.17, 15) is 0 Å². The molecule has 1 aromatic carbocycles. The SMILES string of the molecule is CCNC1CCc2cc(OCCc3cccnc3)ccc21. The lowest BCUT2D eigenvalue weighted by Gasteiger charge is -2.13. The van der Waals surface area contributed by atoms with E-state index >= 15 is 0 Å². The van der Waals surface area contributed by atoms with E-state index in [2.05, 4.69) is 41.5 Å². The van der Waals surface area contributed by atoms with Gasteiger partial charge in [-0.1, -0.05) is 19.1 Å². The van der Waals surface area contributed by atoms with Gasteiger partial charge >= 0.3 is 0 Å². The maximum Gasteiger partial charge on any atom is 0.119 e. The molecule has 0 bridgehead atoms. The van der Waals surface area contributed by atoms with Gasteiger partial charge in [-0.05, 0) is 54.3 Å². The second-order valence-electron chi connectivity index (χ2n) is 5.47. The first-order valence-electron chi connectivity index (χ1n) is 7.74. The maximum atomic E-state index is 5.88. The van der Waals surface area contributed by atoms with Crippen LogP contribution in [0.3, 0.4) is 0 Å². The van der Waals surface area contributed by atoms with Gasteiger partial charge in [-0.25, -0.2) is 0 Å². The molecule has 0 saturated heterocycles. The van der Waals surface area contributed by atoms with Gasteiger partial charge in [0.1, 0.15) is 5.75 Å². The predicted molar refractivity (Wildman–Crippen MR) is 84.6 cm³/mol. The Morgan fingerprint density at radius 3 is 3.10 bits per heavy atom. The van der Waals surface area contributed by atoms with E-state index in [0.29, 0.717) is 12.6 Å². The van der Waals surface area contributed by atoms with Gasteiger partial charge in [-0.15, -0.1) is 0 Å². The first-order valence-corrected chi connectivity index (χ1v) is 7.74. The van der Waals surface area contributed by atoms with Crippen molar-refractivity contribution in [1.29, 1.82) is 0 Å². The fourth-order valence-corrected chi connectivity index (χ4v) is 2.97. The number of ether oxygens (including phenoxy) is 1. The topological polar surface area (TPSA) is 34.1 Å². The van der Waals surface area contributed by atoms with Gasteiger partial charge in [-0.2, -0.15) is 0 Å². The van der Waals surface area contributed by atoms with Crippen molar-refractivity contribution in [3.8, 4) is 5.75 Å². The van der Waals surface area contributed by atoms with Crippen LogP contribution < -0.4 is 10.1 Å². The van der Waals surface area contributed by atoms with Crippen LogP contribution in [0.5, 0.6) is 5.75 Å². The molecule has 0 aliphatic heterocycles. The number of aryl methyl sites for hydroxylation is 1. The molecule has 0 radical (unpaired) electrons. The lowest BCUT2D eigenvalue weighted by Crippen LogP contribution is -2.18. The first-order chi connectivity index (χ1) is 10.4. The minimum absolute atomic E-state index is 0.523. The van der Waals surface area contributed by atoms with Gasteiger partial charge in [0.25, 0.3) is 0 Å². The predicted octanol–water partition coefficient (Wildman–Crippen LogP) is 3.30. The molecule has 1 N–H and O–H groups in total. The number of hydrogen-bond donors (Lipinski definition) is 1. The van der Waals surface area contributed by atoms with Crippen molar-refractivity contribution < 1.29 is 4.74 Å². The number of rotatable bonds is 6. The maximum absolute atomic E-state index is 5.88. The normalized spacial score (nSPS) is 16.7. The van der Waals surface area contributed by atoms with Crippen LogP contribution in [0.25, 0.3) is 0 Å². The molecule has 3 rings (SSSR count). The molecule has 110 valence electrons. The second-order valence-corrected chi connectivity index (χ2v) is 5.47. The fourth-order valence-electron chi connectivity index (χ4n) is 2.97. The van der Waals surface area contributed by atoms with Gasteiger partial charge in [0, 0.05) is 24.9 Å². The summed E-state index contributed by atoms with van der Waals surface area (Å²) in [6, 6.07) is 11.1. The molecule has 3 nitrogen and oxygen atoms in total. The Morgan fingerprint density at radius 2 is 2.29 bits per heavy atom. The van der Waals surface area contributed by atoms with E-state index in [1.807, 2.05) is 12.3 Å². The molecule has 0 spiro atoms. The van der Waals surface area contributed by atoms with Crippen LogP contribution in [0.1, 0.15) is 36.1 Å². The van der Waals surface area contributed by atoms with Crippen molar-refractivity contribution >= 4 is 0 Å². The first kappa shape index (κ1) is 14.1. The van der Waals surface area contributed by atoms with Gasteiger partial charge in [0.05, 0.1) is 6.61 Å². The summed E-state index contributed by atoms with van der Waals surface area (Å²) in [6.07, 6.45) is 6.93. The number of aromatic nitrogens is 1. The van der Waals surface area contributed by atoms with Crippen LogP contribution in [0.4, 0.5) is 0 Å². The molecule has 0 fully saturated rings. The number of fused-ring (bicyclic) bond motifs is 1. The van der Waals surface area contributed by atoms with Crippen molar-refractivity contribution in [3.63, 3.8) is 0 Å². The average Bonchev–Trinajstić information content (AvgIpc) is 2.91. The lowest BCUT2D eigenvalue weighted by molar-refractivity contribution is 0.321. The van der Waals surface area contributed by atoms with Crippen molar-refractivity contribution in [2.45, 2.75) is 32.2 Å². The molecule has 2 aromatic rings. The van der Waals surface area contributed by atoms with E-state index in [1.54, 1.807) is 6.20 Å². The number of pyridine rings is 1. The van der Waals surface area contributed by atoms with Crippen LogP contribution in [0.2, 0.25) is 0 Å². The van der Waals surface area contributed by atoms with E-state index in [-0.39, 0.29) is 0 Å². The highest BCUT2D eigenvalue weighted by molar-refractivity contribution is 5.40. The minimum Gasteiger partial charge on any atom is -0.493 e. The Bertz CT molecular complexity index is 583. The van der Waals surface area contributed by atoms with Crippen molar-refractivity contribution in [3.05, 3.63) is 59.4 Å². The third kappa shape index (κ3) is 3.42. The highest BCUT2D eigenvalue weighted by Gasteiger charge is 2.21. The lowest BCUT2D eigenvalue weighted by atomic mass is 10.1. The van der Waals surface area contributed by atoms with Crippen LogP contribution in [0, 0.1) is 0 Å². The van der Waals surface area contributed by atoms with E-state index < -0.39 is 0 Å². The van der Waals surface area contributed by atoms with Crippen molar-refractivity contribution in [1.82, 2.24) is 10.3 Å². The Hall–Kier alpha value is -1.87. The molecule has 1 heterocycles. The zero-order chi connectivity index (χ0) is 14.5. The summed E-state index contributed by atoms with van der Waals surface area (Å²) < 4.78 is 5.88. The van der Waals surface area contributed by atoms with Crippen LogP contribution in [-0.4, -0.2) is 18.1 Å². The molecule has 1 unspecified atom stereocenters. The third-order valence-electron chi connectivity index (χ3n) is 4.02.